The van der Waals surface area contributed by atoms with Crippen molar-refractivity contribution in [1.29, 1.82) is 0 Å². The Morgan fingerprint density at radius 1 is 0.833 bits per heavy atom. The van der Waals surface area contributed by atoms with Gasteiger partial charge in [0.15, 0.2) is 0 Å². The maximum Gasteiger partial charge on any atom is 0.372 e. The molecule has 10 heteroatoms. The lowest BCUT2D eigenvalue weighted by molar-refractivity contribution is -0.135. The van der Waals surface area contributed by atoms with Gasteiger partial charge in [0.1, 0.15) is 11.6 Å². The van der Waals surface area contributed by atoms with Crippen molar-refractivity contribution in [3.05, 3.63) is 77.1 Å². The zero-order valence-electron chi connectivity index (χ0n) is 15.8. The topological polar surface area (TPSA) is 104 Å². The van der Waals surface area contributed by atoms with Crippen molar-refractivity contribution in [2.45, 2.75) is 0 Å². The average Bonchev–Trinajstić information content (AvgIpc) is 2.73. The standard InChI is InChI=1S/C20H15F2N3O5/c1-28-18-23-19(29-2)25-20(24-18)30-16(17(26)27)15(11-5-3-7-13(21)9-11)12-6-4-8-14(22)10-12/h3-10H,1-2H3,(H,26,27). The van der Waals surface area contributed by atoms with Gasteiger partial charge in [-0.15, -0.1) is 15.0 Å². The number of aromatic nitrogens is 3. The van der Waals surface area contributed by atoms with E-state index in [1.807, 2.05) is 0 Å². The van der Waals surface area contributed by atoms with E-state index in [4.69, 9.17) is 14.2 Å². The van der Waals surface area contributed by atoms with Crippen LogP contribution in [0.2, 0.25) is 0 Å². The molecule has 0 fully saturated rings. The van der Waals surface area contributed by atoms with E-state index < -0.39 is 29.4 Å². The summed E-state index contributed by atoms with van der Waals surface area (Å²) in [4.78, 5) is 23.5. The van der Waals surface area contributed by atoms with Gasteiger partial charge in [-0.25, -0.2) is 13.6 Å². The second kappa shape index (κ2) is 8.95. The molecule has 0 bridgehead atoms. The number of benzene rings is 2. The summed E-state index contributed by atoms with van der Waals surface area (Å²) in [7, 11) is 2.58. The summed E-state index contributed by atoms with van der Waals surface area (Å²) in [5, 5.41) is 9.82. The van der Waals surface area contributed by atoms with Crippen LogP contribution in [0.15, 0.2) is 54.3 Å². The molecule has 154 valence electrons. The molecular formula is C20H15F2N3O5. The third kappa shape index (κ3) is 4.66. The summed E-state index contributed by atoms with van der Waals surface area (Å²) in [5.41, 5.74) is 0.205. The van der Waals surface area contributed by atoms with Crippen LogP contribution in [0.4, 0.5) is 8.78 Å². The average molecular weight is 415 g/mol. The lowest BCUT2D eigenvalue weighted by Gasteiger charge is -2.14. The molecule has 3 aromatic rings. The first kappa shape index (κ1) is 20.6. The molecule has 3 rings (SSSR count). The maximum atomic E-state index is 13.9. The van der Waals surface area contributed by atoms with Gasteiger partial charge in [-0.05, 0) is 35.4 Å². The van der Waals surface area contributed by atoms with E-state index in [1.54, 1.807) is 0 Å². The highest BCUT2D eigenvalue weighted by Crippen LogP contribution is 2.30. The molecule has 0 spiro atoms. The van der Waals surface area contributed by atoms with E-state index in [2.05, 4.69) is 15.0 Å². The number of aliphatic carboxylic acids is 1. The largest absolute Gasteiger partial charge is 0.475 e. The van der Waals surface area contributed by atoms with E-state index >= 15 is 0 Å². The van der Waals surface area contributed by atoms with Gasteiger partial charge in [-0.3, -0.25) is 0 Å². The van der Waals surface area contributed by atoms with E-state index in [0.717, 1.165) is 12.1 Å². The summed E-state index contributed by atoms with van der Waals surface area (Å²) in [5.74, 6) is -3.41. The number of hydrogen-bond donors (Lipinski definition) is 1. The normalized spacial score (nSPS) is 10.3. The molecule has 0 amide bonds. The molecular weight excluding hydrogens is 400 g/mol. The fourth-order valence-corrected chi connectivity index (χ4v) is 2.56. The van der Waals surface area contributed by atoms with Crippen molar-refractivity contribution in [3.8, 4) is 18.0 Å². The molecule has 0 unspecified atom stereocenters. The van der Waals surface area contributed by atoms with Gasteiger partial charge in [0, 0.05) is 5.57 Å². The summed E-state index contributed by atoms with van der Waals surface area (Å²) >= 11 is 0. The van der Waals surface area contributed by atoms with Crippen molar-refractivity contribution < 1.29 is 32.9 Å². The van der Waals surface area contributed by atoms with Crippen LogP contribution >= 0.6 is 0 Å². The Hall–Kier alpha value is -4.08. The molecule has 0 aliphatic heterocycles. The maximum absolute atomic E-state index is 13.9. The molecule has 0 saturated heterocycles. The number of rotatable bonds is 7. The van der Waals surface area contributed by atoms with Crippen LogP contribution in [0.25, 0.3) is 5.57 Å². The van der Waals surface area contributed by atoms with Crippen molar-refractivity contribution in [3.63, 3.8) is 0 Å². The first-order valence-corrected chi connectivity index (χ1v) is 8.42. The van der Waals surface area contributed by atoms with Crippen molar-refractivity contribution >= 4 is 11.5 Å². The second-order valence-corrected chi connectivity index (χ2v) is 5.72. The molecule has 0 aliphatic rings. The van der Waals surface area contributed by atoms with E-state index in [-0.39, 0.29) is 28.7 Å². The highest BCUT2D eigenvalue weighted by molar-refractivity contribution is 5.99. The number of carboxylic acids is 1. The van der Waals surface area contributed by atoms with Gasteiger partial charge in [-0.1, -0.05) is 24.3 Å². The van der Waals surface area contributed by atoms with Crippen LogP contribution in [-0.4, -0.2) is 40.2 Å². The number of carbonyl (C=O) groups is 1. The minimum absolute atomic E-state index is 0.0835. The minimum Gasteiger partial charge on any atom is -0.475 e. The Bertz CT molecular complexity index is 1050. The zero-order valence-corrected chi connectivity index (χ0v) is 15.8. The van der Waals surface area contributed by atoms with E-state index in [0.29, 0.717) is 0 Å². The van der Waals surface area contributed by atoms with Crippen molar-refractivity contribution in [1.82, 2.24) is 15.0 Å². The summed E-state index contributed by atoms with van der Waals surface area (Å²) in [6.45, 7) is 0. The third-order valence-corrected chi connectivity index (χ3v) is 3.78. The van der Waals surface area contributed by atoms with Crippen LogP contribution in [0.3, 0.4) is 0 Å². The Morgan fingerprint density at radius 3 is 1.70 bits per heavy atom. The van der Waals surface area contributed by atoms with Crippen LogP contribution in [0.5, 0.6) is 18.0 Å². The fraction of sp³-hybridized carbons (Fsp3) is 0.100. The monoisotopic (exact) mass is 415 g/mol. The molecule has 2 aromatic carbocycles. The number of halogens is 2. The summed E-state index contributed by atoms with van der Waals surface area (Å²) in [6, 6.07) is 9.47. The lowest BCUT2D eigenvalue weighted by atomic mass is 9.96. The Kier molecular flexibility index (Phi) is 6.16. The molecule has 1 N–H and O–H groups in total. The van der Waals surface area contributed by atoms with Gasteiger partial charge in [-0.2, -0.15) is 0 Å². The molecule has 0 aliphatic carbocycles. The van der Waals surface area contributed by atoms with Crippen LogP contribution in [-0.2, 0) is 4.79 Å². The molecule has 30 heavy (non-hydrogen) atoms. The minimum atomic E-state index is -1.52. The van der Waals surface area contributed by atoms with Gasteiger partial charge in [0.2, 0.25) is 5.76 Å². The van der Waals surface area contributed by atoms with E-state index in [9.17, 15) is 18.7 Å². The smallest absolute Gasteiger partial charge is 0.372 e. The summed E-state index contributed by atoms with van der Waals surface area (Å²) in [6.07, 6.45) is 0. The highest BCUT2D eigenvalue weighted by Gasteiger charge is 2.23. The number of methoxy groups -OCH3 is 2. The predicted molar refractivity (Wildman–Crippen MR) is 100 cm³/mol. The Morgan fingerprint density at radius 2 is 1.30 bits per heavy atom. The van der Waals surface area contributed by atoms with Crippen LogP contribution in [0, 0.1) is 11.6 Å². The van der Waals surface area contributed by atoms with Gasteiger partial charge in [0.25, 0.3) is 0 Å². The number of hydrogen-bond acceptors (Lipinski definition) is 7. The lowest BCUT2D eigenvalue weighted by Crippen LogP contribution is -2.14. The first-order chi connectivity index (χ1) is 14.4. The summed E-state index contributed by atoms with van der Waals surface area (Å²) < 4.78 is 43.0. The van der Waals surface area contributed by atoms with Crippen LogP contribution < -0.4 is 14.2 Å². The predicted octanol–water partition coefficient (Wildman–Crippen LogP) is 3.09. The SMILES string of the molecule is COc1nc(OC)nc(OC(C(=O)O)=C(c2cccc(F)c2)c2cccc(F)c2)n1. The number of ether oxygens (including phenoxy) is 3. The van der Waals surface area contributed by atoms with Crippen molar-refractivity contribution in [2.75, 3.05) is 14.2 Å². The van der Waals surface area contributed by atoms with Gasteiger partial charge in [0.05, 0.1) is 14.2 Å². The molecule has 1 heterocycles. The molecule has 8 nitrogen and oxygen atoms in total. The van der Waals surface area contributed by atoms with Gasteiger partial charge < -0.3 is 19.3 Å². The Balaban J connectivity index is 2.24. The quantitative estimate of drug-likeness (QED) is 0.464. The number of nitrogens with zero attached hydrogens (tertiary/aromatic N) is 3. The third-order valence-electron chi connectivity index (χ3n) is 3.78. The fourth-order valence-electron chi connectivity index (χ4n) is 2.56. The first-order valence-electron chi connectivity index (χ1n) is 8.42. The molecule has 0 saturated carbocycles. The van der Waals surface area contributed by atoms with Gasteiger partial charge >= 0.3 is 24.0 Å². The van der Waals surface area contributed by atoms with Crippen molar-refractivity contribution in [2.24, 2.45) is 0 Å². The highest BCUT2D eigenvalue weighted by atomic mass is 19.1. The van der Waals surface area contributed by atoms with E-state index in [1.165, 1.54) is 50.6 Å². The molecule has 0 atom stereocenters. The molecule has 1 aromatic heterocycles. The molecule has 0 radical (unpaired) electrons. The second-order valence-electron chi connectivity index (χ2n) is 5.72. The van der Waals surface area contributed by atoms with Crippen LogP contribution in [0.1, 0.15) is 11.1 Å². The Labute approximate surface area is 169 Å². The zero-order chi connectivity index (χ0) is 21.7. The number of carboxylic acid groups (broad SMARTS) is 1.